The van der Waals surface area contributed by atoms with Crippen molar-refractivity contribution in [3.05, 3.63) is 39.4 Å². The fraction of sp³-hybridized carbons (Fsp3) is 0.517. The summed E-state index contributed by atoms with van der Waals surface area (Å²) in [6, 6.07) is 2.41. The summed E-state index contributed by atoms with van der Waals surface area (Å²) in [5, 5.41) is 6.16. The number of carbonyl (C=O) groups excluding carboxylic acids is 3. The van der Waals surface area contributed by atoms with Gasteiger partial charge in [0, 0.05) is 29.8 Å². The van der Waals surface area contributed by atoms with Crippen molar-refractivity contribution in [1.82, 2.24) is 15.0 Å². The Morgan fingerprint density at radius 3 is 2.28 bits per heavy atom. The molecule has 2 aromatic rings. The van der Waals surface area contributed by atoms with Gasteiger partial charge in [-0.1, -0.05) is 31.4 Å². The van der Waals surface area contributed by atoms with Crippen molar-refractivity contribution in [1.29, 1.82) is 0 Å². The molecule has 1 aromatic heterocycles. The number of hydrogen-bond donors (Lipinski definition) is 2. The summed E-state index contributed by atoms with van der Waals surface area (Å²) in [6.45, 7) is 8.66. The number of halogens is 3. The molecule has 43 heavy (non-hydrogen) atoms. The molecule has 1 aliphatic heterocycles. The van der Waals surface area contributed by atoms with Crippen molar-refractivity contribution >= 4 is 58.6 Å². The van der Waals surface area contributed by atoms with Gasteiger partial charge in [0.05, 0.1) is 17.3 Å². The summed E-state index contributed by atoms with van der Waals surface area (Å²) in [4.78, 5) is 50.0. The highest BCUT2D eigenvalue weighted by Crippen LogP contribution is 2.39. The maximum Gasteiger partial charge on any atom is 0.344 e. The van der Waals surface area contributed by atoms with Crippen LogP contribution >= 0.6 is 23.2 Å². The standard InChI is InChI=1S/C21H23ClFNO5.C8H14ClN5/c1-2-3-6-9-28-19(25)12-29-18-11-17(16(23)10-15(18)22)24-20(26)13-7-4-5-8-14(13)21(24)27;1-4-10-7-12-6(9)13-8(14-7)11-5(2)3/h10-11H,2-9,12H2,1H3;5H,4H2,1-3H3,(H2,10,11,12,13,14). The third-order valence-electron chi connectivity index (χ3n) is 6.35. The first-order valence-electron chi connectivity index (χ1n) is 14.4. The molecule has 2 heterocycles. The predicted octanol–water partition coefficient (Wildman–Crippen LogP) is 6.11. The Bertz CT molecular complexity index is 1330. The van der Waals surface area contributed by atoms with Crippen LogP contribution in [0.25, 0.3) is 0 Å². The molecule has 1 aliphatic carbocycles. The van der Waals surface area contributed by atoms with Crippen molar-refractivity contribution in [2.75, 3.05) is 35.3 Å². The average molecular weight is 640 g/mol. The smallest absolute Gasteiger partial charge is 0.344 e. The number of nitrogens with one attached hydrogen (secondary N) is 2. The van der Waals surface area contributed by atoms with Crippen molar-refractivity contribution in [3.63, 3.8) is 0 Å². The van der Waals surface area contributed by atoms with E-state index in [9.17, 15) is 18.8 Å². The summed E-state index contributed by atoms with van der Waals surface area (Å²) in [6.07, 6.45) is 5.40. The molecule has 0 saturated heterocycles. The van der Waals surface area contributed by atoms with Gasteiger partial charge >= 0.3 is 5.97 Å². The Labute approximate surface area is 260 Å². The molecule has 0 saturated carbocycles. The van der Waals surface area contributed by atoms with Crippen LogP contribution in [0.5, 0.6) is 5.75 Å². The second-order valence-corrected chi connectivity index (χ2v) is 10.9. The van der Waals surface area contributed by atoms with Crippen LogP contribution < -0.4 is 20.3 Å². The van der Waals surface area contributed by atoms with Crippen molar-refractivity contribution in [2.24, 2.45) is 0 Å². The van der Waals surface area contributed by atoms with Crippen LogP contribution in [-0.4, -0.2) is 58.5 Å². The minimum atomic E-state index is -0.814. The van der Waals surface area contributed by atoms with Gasteiger partial charge in [-0.2, -0.15) is 15.0 Å². The Balaban J connectivity index is 0.000000303. The number of benzene rings is 1. The van der Waals surface area contributed by atoms with Gasteiger partial charge in [0.15, 0.2) is 6.61 Å². The zero-order valence-electron chi connectivity index (χ0n) is 24.8. The predicted molar refractivity (Wildman–Crippen MR) is 163 cm³/mol. The van der Waals surface area contributed by atoms with E-state index in [-0.39, 0.29) is 27.8 Å². The quantitative estimate of drug-likeness (QED) is 0.159. The second kappa shape index (κ2) is 16.4. The molecule has 0 fully saturated rings. The number of rotatable bonds is 12. The van der Waals surface area contributed by atoms with Gasteiger partial charge < -0.3 is 20.1 Å². The normalized spacial score (nSPS) is 14.4. The zero-order valence-corrected chi connectivity index (χ0v) is 26.3. The number of unbranched alkanes of at least 4 members (excludes halogenated alkanes) is 2. The molecule has 0 unspecified atom stereocenters. The lowest BCUT2D eigenvalue weighted by Crippen LogP contribution is -2.32. The van der Waals surface area contributed by atoms with E-state index < -0.39 is 30.2 Å². The number of esters is 1. The van der Waals surface area contributed by atoms with Crippen LogP contribution in [0.4, 0.5) is 22.0 Å². The molecule has 0 radical (unpaired) electrons. The molecule has 0 spiro atoms. The molecule has 11 nitrogen and oxygen atoms in total. The van der Waals surface area contributed by atoms with Crippen molar-refractivity contribution < 1.29 is 28.2 Å². The lowest BCUT2D eigenvalue weighted by molar-refractivity contribution is -0.146. The van der Waals surface area contributed by atoms with Crippen LogP contribution in [-0.2, 0) is 19.1 Å². The largest absolute Gasteiger partial charge is 0.480 e. The van der Waals surface area contributed by atoms with Gasteiger partial charge in [-0.05, 0) is 70.5 Å². The number of amides is 2. The average Bonchev–Trinajstić information content (AvgIpc) is 3.20. The van der Waals surface area contributed by atoms with E-state index in [0.29, 0.717) is 42.5 Å². The second-order valence-electron chi connectivity index (χ2n) is 10.1. The van der Waals surface area contributed by atoms with Gasteiger partial charge in [0.1, 0.15) is 11.6 Å². The first-order chi connectivity index (χ1) is 20.5. The molecular weight excluding hydrogens is 602 g/mol. The molecule has 234 valence electrons. The molecule has 14 heteroatoms. The topological polar surface area (TPSA) is 136 Å². The van der Waals surface area contributed by atoms with Gasteiger partial charge in [-0.15, -0.1) is 0 Å². The van der Waals surface area contributed by atoms with E-state index in [4.69, 9.17) is 32.7 Å². The van der Waals surface area contributed by atoms with E-state index >= 15 is 0 Å². The SMILES string of the molecule is CCCCCOC(=O)COc1cc(N2C(=O)C3=C(CCCC3)C2=O)c(F)cc1Cl.CCNc1nc(Cl)nc(NC(C)C)n1. The van der Waals surface area contributed by atoms with Crippen LogP contribution in [0.2, 0.25) is 10.3 Å². The third-order valence-corrected chi connectivity index (χ3v) is 6.81. The lowest BCUT2D eigenvalue weighted by atomic mass is 9.93. The zero-order chi connectivity index (χ0) is 31.5. The maximum absolute atomic E-state index is 14.5. The van der Waals surface area contributed by atoms with E-state index in [1.807, 2.05) is 27.7 Å². The van der Waals surface area contributed by atoms with Gasteiger partial charge in [-0.25, -0.2) is 14.1 Å². The summed E-state index contributed by atoms with van der Waals surface area (Å²) in [5.41, 5.74) is 0.674. The number of aromatic nitrogens is 3. The van der Waals surface area contributed by atoms with Crippen molar-refractivity contribution in [3.8, 4) is 5.75 Å². The highest BCUT2D eigenvalue weighted by molar-refractivity contribution is 6.34. The van der Waals surface area contributed by atoms with E-state index in [1.165, 1.54) is 6.07 Å². The number of ether oxygens (including phenoxy) is 2. The van der Waals surface area contributed by atoms with Crippen LogP contribution in [0, 0.1) is 5.82 Å². The molecule has 2 amide bonds. The Kier molecular flexibility index (Phi) is 12.9. The summed E-state index contributed by atoms with van der Waals surface area (Å²) in [5.74, 6) is -1.41. The van der Waals surface area contributed by atoms with Crippen molar-refractivity contribution in [2.45, 2.75) is 78.7 Å². The van der Waals surface area contributed by atoms with Gasteiger partial charge in [0.2, 0.25) is 17.2 Å². The number of nitrogens with zero attached hydrogens (tertiary/aromatic N) is 4. The fourth-order valence-corrected chi connectivity index (χ4v) is 4.75. The third kappa shape index (κ3) is 9.49. The molecular formula is C29H37Cl2FN6O5. The molecule has 2 aliphatic rings. The summed E-state index contributed by atoms with van der Waals surface area (Å²) < 4.78 is 25.0. The monoisotopic (exact) mass is 638 g/mol. The fourth-order valence-electron chi connectivity index (χ4n) is 4.39. The Morgan fingerprint density at radius 2 is 1.67 bits per heavy atom. The molecule has 0 atom stereocenters. The number of imide groups is 1. The lowest BCUT2D eigenvalue weighted by Gasteiger charge is -2.18. The van der Waals surface area contributed by atoms with Crippen LogP contribution in [0.3, 0.4) is 0 Å². The van der Waals surface area contributed by atoms with Crippen LogP contribution in [0.15, 0.2) is 23.3 Å². The number of anilines is 3. The van der Waals surface area contributed by atoms with Crippen LogP contribution in [0.1, 0.15) is 72.6 Å². The Hall–Kier alpha value is -3.51. The van der Waals surface area contributed by atoms with E-state index in [0.717, 1.165) is 49.6 Å². The molecule has 2 N–H and O–H groups in total. The first kappa shape index (κ1) is 34.0. The highest BCUT2D eigenvalue weighted by Gasteiger charge is 2.41. The molecule has 4 rings (SSSR count). The van der Waals surface area contributed by atoms with E-state index in [1.54, 1.807) is 0 Å². The maximum atomic E-state index is 14.5. The minimum Gasteiger partial charge on any atom is -0.480 e. The highest BCUT2D eigenvalue weighted by atomic mass is 35.5. The Morgan fingerprint density at radius 1 is 1.02 bits per heavy atom. The van der Waals surface area contributed by atoms with Gasteiger partial charge in [-0.3, -0.25) is 9.59 Å². The van der Waals surface area contributed by atoms with Gasteiger partial charge in [0.25, 0.3) is 11.8 Å². The first-order valence-corrected chi connectivity index (χ1v) is 15.1. The minimum absolute atomic E-state index is 0.000883. The van der Waals surface area contributed by atoms with E-state index in [2.05, 4.69) is 25.6 Å². The number of carbonyl (C=O) groups is 3. The summed E-state index contributed by atoms with van der Waals surface area (Å²) in [7, 11) is 0. The molecule has 1 aromatic carbocycles. The molecule has 0 bridgehead atoms. The summed E-state index contributed by atoms with van der Waals surface area (Å²) >= 11 is 11.7. The number of hydrogen-bond acceptors (Lipinski definition) is 10.